The van der Waals surface area contributed by atoms with E-state index in [4.69, 9.17) is 4.74 Å². The standard InChI is InChI=1S/C13H15FN4O3S/c1-9-5-6-17-13(15-8-16-17)18(9)22(19,20)10-3-4-12(21-2)11(14)7-10/h3-4,7-9H,5-6H2,1-2H3. The molecular weight excluding hydrogens is 311 g/mol. The fourth-order valence-electron chi connectivity index (χ4n) is 2.48. The lowest BCUT2D eigenvalue weighted by Crippen LogP contribution is -2.44. The Morgan fingerprint density at radius 1 is 1.41 bits per heavy atom. The first-order valence-electron chi connectivity index (χ1n) is 6.71. The van der Waals surface area contributed by atoms with Gasteiger partial charge in [0.15, 0.2) is 11.6 Å². The Balaban J connectivity index is 2.09. The maximum Gasteiger partial charge on any atom is 0.267 e. The molecule has 1 unspecified atom stereocenters. The third-order valence-electron chi connectivity index (χ3n) is 3.63. The number of benzene rings is 1. The number of halogens is 1. The van der Waals surface area contributed by atoms with Gasteiger partial charge in [-0.1, -0.05) is 0 Å². The molecule has 1 aromatic heterocycles. The first-order chi connectivity index (χ1) is 10.4. The number of hydrogen-bond acceptors (Lipinski definition) is 5. The highest BCUT2D eigenvalue weighted by molar-refractivity contribution is 7.92. The summed E-state index contributed by atoms with van der Waals surface area (Å²) in [5, 5.41) is 4.00. The quantitative estimate of drug-likeness (QED) is 0.852. The van der Waals surface area contributed by atoms with Gasteiger partial charge in [0.25, 0.3) is 10.0 Å². The zero-order valence-corrected chi connectivity index (χ0v) is 12.9. The molecule has 7 nitrogen and oxygen atoms in total. The topological polar surface area (TPSA) is 77.3 Å². The Hall–Kier alpha value is -2.16. The number of aromatic nitrogens is 3. The minimum atomic E-state index is -3.93. The van der Waals surface area contributed by atoms with Crippen LogP contribution in [0.5, 0.6) is 5.75 Å². The lowest BCUT2D eigenvalue weighted by molar-refractivity contribution is 0.385. The van der Waals surface area contributed by atoms with E-state index in [0.717, 1.165) is 6.07 Å². The van der Waals surface area contributed by atoms with E-state index >= 15 is 0 Å². The molecule has 3 rings (SSSR count). The molecule has 0 N–H and O–H groups in total. The van der Waals surface area contributed by atoms with E-state index in [1.165, 1.54) is 34.6 Å². The van der Waals surface area contributed by atoms with Crippen LogP contribution in [0, 0.1) is 5.82 Å². The normalized spacial score (nSPS) is 18.1. The molecular formula is C13H15FN4O3S. The highest BCUT2D eigenvalue weighted by Gasteiger charge is 2.36. The molecule has 0 saturated carbocycles. The maximum atomic E-state index is 13.8. The molecule has 2 aromatic rings. The second-order valence-corrected chi connectivity index (χ2v) is 6.83. The van der Waals surface area contributed by atoms with Crippen LogP contribution in [0.2, 0.25) is 0 Å². The van der Waals surface area contributed by atoms with Crippen molar-refractivity contribution in [2.45, 2.75) is 30.8 Å². The highest BCUT2D eigenvalue weighted by Crippen LogP contribution is 2.30. The Kier molecular flexibility index (Phi) is 3.51. The maximum absolute atomic E-state index is 13.8. The van der Waals surface area contributed by atoms with Crippen molar-refractivity contribution >= 4 is 16.0 Å². The highest BCUT2D eigenvalue weighted by atomic mass is 32.2. The van der Waals surface area contributed by atoms with Gasteiger partial charge < -0.3 is 4.74 Å². The van der Waals surface area contributed by atoms with Gasteiger partial charge in [-0.15, -0.1) is 0 Å². The summed E-state index contributed by atoms with van der Waals surface area (Å²) < 4.78 is 47.1. The van der Waals surface area contributed by atoms with Crippen molar-refractivity contribution in [1.29, 1.82) is 0 Å². The van der Waals surface area contributed by atoms with Crippen molar-refractivity contribution in [1.82, 2.24) is 14.8 Å². The molecule has 1 aliphatic rings. The Morgan fingerprint density at radius 2 is 2.18 bits per heavy atom. The summed E-state index contributed by atoms with van der Waals surface area (Å²) in [5.74, 6) is -0.488. The van der Waals surface area contributed by atoms with Gasteiger partial charge in [-0.3, -0.25) is 0 Å². The van der Waals surface area contributed by atoms with Crippen LogP contribution in [-0.4, -0.2) is 36.3 Å². The van der Waals surface area contributed by atoms with Gasteiger partial charge in [-0.25, -0.2) is 21.8 Å². The van der Waals surface area contributed by atoms with E-state index in [2.05, 4.69) is 10.1 Å². The number of sulfonamides is 1. The smallest absolute Gasteiger partial charge is 0.267 e. The molecule has 0 saturated heterocycles. The van der Waals surface area contributed by atoms with Crippen LogP contribution in [0.1, 0.15) is 13.3 Å². The molecule has 1 aromatic carbocycles. The molecule has 0 aliphatic carbocycles. The average molecular weight is 326 g/mol. The van der Waals surface area contributed by atoms with E-state index in [9.17, 15) is 12.8 Å². The Bertz CT molecular complexity index is 805. The summed E-state index contributed by atoms with van der Waals surface area (Å²) >= 11 is 0. The third kappa shape index (κ3) is 2.21. The SMILES string of the molecule is COc1ccc(S(=O)(=O)N2c3ncnn3CCC2C)cc1F. The number of rotatable bonds is 3. The predicted octanol–water partition coefficient (Wildman–Crippen LogP) is 1.41. The van der Waals surface area contributed by atoms with Crippen molar-refractivity contribution in [3.63, 3.8) is 0 Å². The summed E-state index contributed by atoms with van der Waals surface area (Å²) in [6.07, 6.45) is 1.92. The summed E-state index contributed by atoms with van der Waals surface area (Å²) in [6, 6.07) is 3.28. The molecule has 9 heteroatoms. The lowest BCUT2D eigenvalue weighted by atomic mass is 10.2. The Labute approximate surface area is 127 Å². The van der Waals surface area contributed by atoms with Crippen molar-refractivity contribution in [2.24, 2.45) is 0 Å². The van der Waals surface area contributed by atoms with Crippen molar-refractivity contribution < 1.29 is 17.5 Å². The van der Waals surface area contributed by atoms with Gasteiger partial charge in [-0.2, -0.15) is 10.1 Å². The van der Waals surface area contributed by atoms with Crippen LogP contribution >= 0.6 is 0 Å². The fourth-order valence-corrected chi connectivity index (χ4v) is 4.13. The minimum absolute atomic E-state index is 0.00573. The zero-order chi connectivity index (χ0) is 15.9. The second-order valence-electron chi connectivity index (χ2n) is 5.02. The summed E-state index contributed by atoms with van der Waals surface area (Å²) in [7, 11) is -2.61. The monoisotopic (exact) mass is 326 g/mol. The fraction of sp³-hybridized carbons (Fsp3) is 0.385. The average Bonchev–Trinajstić information content (AvgIpc) is 2.94. The molecule has 22 heavy (non-hydrogen) atoms. The Morgan fingerprint density at radius 3 is 2.86 bits per heavy atom. The summed E-state index contributed by atoms with van der Waals surface area (Å²) in [6.45, 7) is 2.38. The van der Waals surface area contributed by atoms with E-state index in [1.807, 2.05) is 0 Å². The van der Waals surface area contributed by atoms with Crippen LogP contribution in [-0.2, 0) is 16.6 Å². The van der Waals surface area contributed by atoms with Crippen LogP contribution in [0.3, 0.4) is 0 Å². The summed E-state index contributed by atoms with van der Waals surface area (Å²) in [5.41, 5.74) is 0. The summed E-state index contributed by atoms with van der Waals surface area (Å²) in [4.78, 5) is 3.87. The number of nitrogens with zero attached hydrogens (tertiary/aromatic N) is 4. The van der Waals surface area contributed by atoms with Gasteiger partial charge in [0.2, 0.25) is 5.95 Å². The number of ether oxygens (including phenoxy) is 1. The molecule has 1 atom stereocenters. The van der Waals surface area contributed by atoms with Crippen LogP contribution < -0.4 is 9.04 Å². The first kappa shape index (κ1) is 14.8. The second kappa shape index (κ2) is 5.24. The van der Waals surface area contributed by atoms with E-state index < -0.39 is 15.8 Å². The number of hydrogen-bond donors (Lipinski definition) is 0. The van der Waals surface area contributed by atoms with E-state index in [-0.39, 0.29) is 22.6 Å². The van der Waals surface area contributed by atoms with Crippen LogP contribution in [0.4, 0.5) is 10.3 Å². The van der Waals surface area contributed by atoms with Gasteiger partial charge in [0, 0.05) is 12.6 Å². The molecule has 0 fully saturated rings. The minimum Gasteiger partial charge on any atom is -0.494 e. The van der Waals surface area contributed by atoms with Gasteiger partial charge >= 0.3 is 0 Å². The molecule has 0 bridgehead atoms. The van der Waals surface area contributed by atoms with Crippen molar-refractivity contribution in [3.8, 4) is 5.75 Å². The lowest BCUT2D eigenvalue weighted by Gasteiger charge is -2.33. The molecule has 2 heterocycles. The van der Waals surface area contributed by atoms with Crippen molar-refractivity contribution in [2.75, 3.05) is 11.4 Å². The van der Waals surface area contributed by atoms with E-state index in [0.29, 0.717) is 13.0 Å². The molecule has 0 radical (unpaired) electrons. The largest absolute Gasteiger partial charge is 0.494 e. The molecule has 1 aliphatic heterocycles. The molecule has 0 amide bonds. The number of fused-ring (bicyclic) bond motifs is 1. The van der Waals surface area contributed by atoms with Crippen LogP contribution in [0.15, 0.2) is 29.4 Å². The van der Waals surface area contributed by atoms with Crippen LogP contribution in [0.25, 0.3) is 0 Å². The first-order valence-corrected chi connectivity index (χ1v) is 8.15. The van der Waals surface area contributed by atoms with Gasteiger partial charge in [-0.05, 0) is 31.5 Å². The van der Waals surface area contributed by atoms with E-state index in [1.54, 1.807) is 6.92 Å². The number of methoxy groups -OCH3 is 1. The predicted molar refractivity (Wildman–Crippen MR) is 76.7 cm³/mol. The van der Waals surface area contributed by atoms with Crippen molar-refractivity contribution in [3.05, 3.63) is 30.3 Å². The zero-order valence-electron chi connectivity index (χ0n) is 12.1. The molecule has 118 valence electrons. The number of anilines is 1. The molecule has 0 spiro atoms. The van der Waals surface area contributed by atoms with Gasteiger partial charge in [0.1, 0.15) is 6.33 Å². The van der Waals surface area contributed by atoms with Gasteiger partial charge in [0.05, 0.1) is 12.0 Å². The number of aryl methyl sites for hydroxylation is 1. The third-order valence-corrected chi connectivity index (χ3v) is 5.52.